The van der Waals surface area contributed by atoms with Crippen LogP contribution >= 0.6 is 0 Å². The van der Waals surface area contributed by atoms with Crippen molar-refractivity contribution in [3.8, 4) is 0 Å². The van der Waals surface area contributed by atoms with Gasteiger partial charge in [0.15, 0.2) is 0 Å². The number of rotatable bonds is 4. The van der Waals surface area contributed by atoms with E-state index in [-0.39, 0.29) is 6.04 Å². The molecule has 2 bridgehead atoms. The van der Waals surface area contributed by atoms with Crippen molar-refractivity contribution in [1.29, 1.82) is 0 Å². The van der Waals surface area contributed by atoms with Crippen LogP contribution in [0, 0.1) is 17.8 Å². The molecule has 2 aliphatic carbocycles. The van der Waals surface area contributed by atoms with Gasteiger partial charge in [0.05, 0.1) is 0 Å². The van der Waals surface area contributed by atoms with Crippen LogP contribution in [0.3, 0.4) is 0 Å². The lowest BCUT2D eigenvalue weighted by molar-refractivity contribution is 0.296. The van der Waals surface area contributed by atoms with Crippen LogP contribution in [0.1, 0.15) is 69.0 Å². The van der Waals surface area contributed by atoms with Gasteiger partial charge in [0.25, 0.3) is 0 Å². The van der Waals surface area contributed by atoms with Crippen molar-refractivity contribution in [3.63, 3.8) is 0 Å². The molecular formula is C18H27N. The Balaban J connectivity index is 1.62. The van der Waals surface area contributed by atoms with Gasteiger partial charge in [-0.1, -0.05) is 44.5 Å². The first-order valence-electron chi connectivity index (χ1n) is 7.99. The lowest BCUT2D eigenvalue weighted by Crippen LogP contribution is -2.19. The van der Waals surface area contributed by atoms with Crippen LogP contribution in [0.25, 0.3) is 0 Å². The molecule has 2 N–H and O–H groups in total. The predicted octanol–water partition coefficient (Wildman–Crippen LogP) is 4.64. The molecule has 0 spiro atoms. The van der Waals surface area contributed by atoms with Gasteiger partial charge in [0, 0.05) is 6.04 Å². The standard InChI is InChI=1S/C18H27N/c1-12(2)14-5-7-15(8-6-14)18(19)11-17-10-13-3-4-16(17)9-13/h5-8,12-13,16-18H,3-4,9-11,19H2,1-2H3. The van der Waals surface area contributed by atoms with Gasteiger partial charge < -0.3 is 5.73 Å². The van der Waals surface area contributed by atoms with Crippen molar-refractivity contribution in [2.24, 2.45) is 23.5 Å². The Bertz CT molecular complexity index is 420. The van der Waals surface area contributed by atoms with Crippen LogP contribution in [0.15, 0.2) is 24.3 Å². The maximum atomic E-state index is 6.43. The van der Waals surface area contributed by atoms with Gasteiger partial charge in [-0.3, -0.25) is 0 Å². The van der Waals surface area contributed by atoms with E-state index in [0.29, 0.717) is 5.92 Å². The van der Waals surface area contributed by atoms with Crippen LogP contribution in [0.5, 0.6) is 0 Å². The maximum absolute atomic E-state index is 6.43. The Hall–Kier alpha value is -0.820. The Labute approximate surface area is 117 Å². The van der Waals surface area contributed by atoms with Crippen LogP contribution < -0.4 is 5.73 Å². The molecule has 19 heavy (non-hydrogen) atoms. The van der Waals surface area contributed by atoms with Crippen molar-refractivity contribution >= 4 is 0 Å². The van der Waals surface area contributed by atoms with Crippen molar-refractivity contribution in [2.45, 2.75) is 57.9 Å². The smallest absolute Gasteiger partial charge is 0.0297 e. The Morgan fingerprint density at radius 3 is 2.26 bits per heavy atom. The van der Waals surface area contributed by atoms with Gasteiger partial charge in [-0.05, 0) is 60.5 Å². The molecule has 1 heteroatoms. The summed E-state index contributed by atoms with van der Waals surface area (Å²) in [6, 6.07) is 9.23. The number of fused-ring (bicyclic) bond motifs is 2. The molecule has 0 radical (unpaired) electrons. The van der Waals surface area contributed by atoms with E-state index in [1.54, 1.807) is 0 Å². The third kappa shape index (κ3) is 2.72. The van der Waals surface area contributed by atoms with E-state index in [1.165, 1.54) is 43.2 Å². The summed E-state index contributed by atoms with van der Waals surface area (Å²) in [6.07, 6.45) is 7.09. The molecule has 2 fully saturated rings. The van der Waals surface area contributed by atoms with Crippen molar-refractivity contribution in [1.82, 2.24) is 0 Å². The summed E-state index contributed by atoms with van der Waals surface area (Å²) < 4.78 is 0. The number of benzene rings is 1. The highest BCUT2D eigenvalue weighted by molar-refractivity contribution is 5.26. The lowest BCUT2D eigenvalue weighted by Gasteiger charge is -2.25. The van der Waals surface area contributed by atoms with Crippen molar-refractivity contribution < 1.29 is 0 Å². The minimum absolute atomic E-state index is 0.241. The second kappa shape index (κ2) is 5.28. The van der Waals surface area contributed by atoms with E-state index in [1.807, 2.05) is 0 Å². The first-order valence-corrected chi connectivity index (χ1v) is 7.99. The van der Waals surface area contributed by atoms with Crippen LogP contribution in [0.2, 0.25) is 0 Å². The highest BCUT2D eigenvalue weighted by Crippen LogP contribution is 2.50. The molecule has 0 saturated heterocycles. The second-order valence-corrected chi connectivity index (χ2v) is 7.10. The number of nitrogens with two attached hydrogens (primary N) is 1. The summed E-state index contributed by atoms with van der Waals surface area (Å²) in [5.41, 5.74) is 9.17. The normalized spacial score (nSPS) is 31.1. The van der Waals surface area contributed by atoms with Gasteiger partial charge in [0.2, 0.25) is 0 Å². The summed E-state index contributed by atoms with van der Waals surface area (Å²) in [7, 11) is 0. The van der Waals surface area contributed by atoms with Gasteiger partial charge in [-0.25, -0.2) is 0 Å². The van der Waals surface area contributed by atoms with E-state index in [9.17, 15) is 0 Å². The van der Waals surface area contributed by atoms with Crippen molar-refractivity contribution in [2.75, 3.05) is 0 Å². The first kappa shape index (κ1) is 13.2. The fraction of sp³-hybridized carbons (Fsp3) is 0.667. The van der Waals surface area contributed by atoms with E-state index in [4.69, 9.17) is 5.73 Å². The fourth-order valence-electron chi connectivity index (χ4n) is 4.26. The minimum atomic E-state index is 0.241. The van der Waals surface area contributed by atoms with Crippen LogP contribution in [0.4, 0.5) is 0 Å². The molecule has 4 unspecified atom stereocenters. The van der Waals surface area contributed by atoms with Crippen LogP contribution in [-0.4, -0.2) is 0 Å². The Kier molecular flexibility index (Phi) is 3.66. The minimum Gasteiger partial charge on any atom is -0.324 e. The third-order valence-electron chi connectivity index (χ3n) is 5.47. The monoisotopic (exact) mass is 257 g/mol. The average molecular weight is 257 g/mol. The summed E-state index contributed by atoms with van der Waals surface area (Å²) >= 11 is 0. The molecule has 3 rings (SSSR count). The molecule has 4 atom stereocenters. The lowest BCUT2D eigenvalue weighted by atomic mass is 9.83. The molecule has 0 aliphatic heterocycles. The fourth-order valence-corrected chi connectivity index (χ4v) is 4.26. The molecule has 0 aromatic heterocycles. The highest BCUT2D eigenvalue weighted by atomic mass is 14.6. The predicted molar refractivity (Wildman–Crippen MR) is 81.0 cm³/mol. The Morgan fingerprint density at radius 1 is 1.05 bits per heavy atom. The zero-order valence-corrected chi connectivity index (χ0v) is 12.3. The molecule has 0 heterocycles. The molecule has 104 valence electrons. The Morgan fingerprint density at radius 2 is 1.74 bits per heavy atom. The molecule has 1 nitrogen and oxygen atoms in total. The maximum Gasteiger partial charge on any atom is 0.0297 e. The molecular weight excluding hydrogens is 230 g/mol. The second-order valence-electron chi connectivity index (χ2n) is 7.10. The molecule has 1 aromatic carbocycles. The first-order chi connectivity index (χ1) is 9.13. The highest BCUT2D eigenvalue weighted by Gasteiger charge is 2.39. The zero-order chi connectivity index (χ0) is 13.4. The molecule has 2 saturated carbocycles. The average Bonchev–Trinajstić information content (AvgIpc) is 3.01. The van der Waals surface area contributed by atoms with E-state index < -0.39 is 0 Å². The molecule has 0 amide bonds. The van der Waals surface area contributed by atoms with Gasteiger partial charge in [0.1, 0.15) is 0 Å². The zero-order valence-electron chi connectivity index (χ0n) is 12.3. The summed E-state index contributed by atoms with van der Waals surface area (Å²) in [5, 5.41) is 0. The van der Waals surface area contributed by atoms with Gasteiger partial charge in [-0.15, -0.1) is 0 Å². The van der Waals surface area contributed by atoms with Gasteiger partial charge >= 0.3 is 0 Å². The van der Waals surface area contributed by atoms with Crippen LogP contribution in [-0.2, 0) is 0 Å². The SMILES string of the molecule is CC(C)c1ccc(C(N)CC2CC3CCC2C3)cc1. The molecule has 1 aromatic rings. The van der Waals surface area contributed by atoms with E-state index in [0.717, 1.165) is 17.8 Å². The summed E-state index contributed by atoms with van der Waals surface area (Å²) in [6.45, 7) is 4.48. The molecule has 2 aliphatic rings. The number of hydrogen-bond acceptors (Lipinski definition) is 1. The van der Waals surface area contributed by atoms with E-state index >= 15 is 0 Å². The summed E-state index contributed by atoms with van der Waals surface area (Å²) in [4.78, 5) is 0. The third-order valence-corrected chi connectivity index (χ3v) is 5.47. The number of hydrogen-bond donors (Lipinski definition) is 1. The van der Waals surface area contributed by atoms with Crippen molar-refractivity contribution in [3.05, 3.63) is 35.4 Å². The quantitative estimate of drug-likeness (QED) is 0.835. The van der Waals surface area contributed by atoms with Gasteiger partial charge in [-0.2, -0.15) is 0 Å². The topological polar surface area (TPSA) is 26.0 Å². The summed E-state index contributed by atoms with van der Waals surface area (Å²) in [5.74, 6) is 3.53. The van der Waals surface area contributed by atoms with E-state index in [2.05, 4.69) is 38.1 Å². The largest absolute Gasteiger partial charge is 0.324 e.